The fourth-order valence-electron chi connectivity index (χ4n) is 2.76. The third-order valence-electron chi connectivity index (χ3n) is 4.20. The monoisotopic (exact) mass is 452 g/mol. The number of para-hydroxylation sites is 1. The molecule has 0 fully saturated rings. The summed E-state index contributed by atoms with van der Waals surface area (Å²) in [5.41, 5.74) is -0.0254. The molecule has 0 saturated carbocycles. The predicted molar refractivity (Wildman–Crippen MR) is 109 cm³/mol. The maximum Gasteiger partial charge on any atom is 0.417 e. The van der Waals surface area contributed by atoms with Crippen LogP contribution in [0.1, 0.15) is 11.1 Å². The van der Waals surface area contributed by atoms with Gasteiger partial charge in [-0.3, -0.25) is 4.79 Å². The van der Waals surface area contributed by atoms with Crippen LogP contribution < -0.4 is 14.8 Å². The summed E-state index contributed by atoms with van der Waals surface area (Å²) in [6.45, 7) is 0.330. The second-order valence-corrected chi connectivity index (χ2v) is 7.24. The first-order valence-electron chi connectivity index (χ1n) is 8.99. The smallest absolute Gasteiger partial charge is 0.417 e. The number of ether oxygens (including phenoxy) is 2. The standard InChI is InChI=1S/C20H19F3N4O3S/c1-29-15-5-3-4-13(19(15)30-2)11-27-16(8-9-25-27)26-17(28)12-31-18-7-6-14(10-24-18)20(21,22)23/h3-10H,11-12H2,1-2H3,(H,26,28). The molecule has 0 atom stereocenters. The van der Waals surface area contributed by atoms with Gasteiger partial charge in [0.1, 0.15) is 5.82 Å². The van der Waals surface area contributed by atoms with Crippen LogP contribution in [0.5, 0.6) is 11.5 Å². The summed E-state index contributed by atoms with van der Waals surface area (Å²) in [5, 5.41) is 7.29. The second kappa shape index (κ2) is 9.73. The lowest BCUT2D eigenvalue weighted by atomic mass is 10.2. The lowest BCUT2D eigenvalue weighted by Gasteiger charge is -2.14. The normalized spacial score (nSPS) is 11.3. The van der Waals surface area contributed by atoms with Gasteiger partial charge in [-0.2, -0.15) is 18.3 Å². The van der Waals surface area contributed by atoms with Gasteiger partial charge in [-0.1, -0.05) is 23.9 Å². The van der Waals surface area contributed by atoms with Gasteiger partial charge in [0, 0.05) is 17.8 Å². The number of amides is 1. The number of methoxy groups -OCH3 is 2. The van der Waals surface area contributed by atoms with Gasteiger partial charge in [-0.15, -0.1) is 0 Å². The van der Waals surface area contributed by atoms with Crippen molar-refractivity contribution in [1.82, 2.24) is 14.8 Å². The minimum atomic E-state index is -4.45. The Morgan fingerprint density at radius 2 is 1.97 bits per heavy atom. The second-order valence-electron chi connectivity index (χ2n) is 6.25. The molecule has 0 radical (unpaired) electrons. The number of pyridine rings is 1. The maximum atomic E-state index is 12.6. The summed E-state index contributed by atoms with van der Waals surface area (Å²) < 4.78 is 50.1. The number of benzene rings is 1. The highest BCUT2D eigenvalue weighted by atomic mass is 32.2. The number of halogens is 3. The third-order valence-corrected chi connectivity index (χ3v) is 5.15. The van der Waals surface area contributed by atoms with E-state index in [1.165, 1.54) is 6.07 Å². The van der Waals surface area contributed by atoms with Crippen LogP contribution in [-0.4, -0.2) is 40.6 Å². The lowest BCUT2D eigenvalue weighted by Crippen LogP contribution is -2.18. The number of hydrogen-bond acceptors (Lipinski definition) is 6. The third kappa shape index (κ3) is 5.69. The van der Waals surface area contributed by atoms with E-state index in [2.05, 4.69) is 15.4 Å². The summed E-state index contributed by atoms with van der Waals surface area (Å²) >= 11 is 1.03. The molecule has 0 aliphatic carbocycles. The molecule has 0 aliphatic heterocycles. The Kier molecular flexibility index (Phi) is 7.06. The Labute approximate surface area is 180 Å². The molecule has 2 heterocycles. The number of nitrogens with zero attached hydrogens (tertiary/aromatic N) is 3. The molecule has 164 valence electrons. The van der Waals surface area contributed by atoms with Gasteiger partial charge < -0.3 is 14.8 Å². The van der Waals surface area contributed by atoms with Crippen LogP contribution in [-0.2, 0) is 17.5 Å². The van der Waals surface area contributed by atoms with Crippen molar-refractivity contribution in [2.45, 2.75) is 17.7 Å². The number of hydrogen-bond donors (Lipinski definition) is 1. The molecule has 0 saturated heterocycles. The van der Waals surface area contributed by atoms with Crippen LogP contribution in [0.15, 0.2) is 53.8 Å². The topological polar surface area (TPSA) is 78.3 Å². The van der Waals surface area contributed by atoms with Gasteiger partial charge in [-0.25, -0.2) is 9.67 Å². The minimum Gasteiger partial charge on any atom is -0.493 e. The Balaban J connectivity index is 1.62. The summed E-state index contributed by atoms with van der Waals surface area (Å²) in [7, 11) is 3.09. The molecule has 3 aromatic rings. The molecule has 7 nitrogen and oxygen atoms in total. The minimum absolute atomic E-state index is 0.0218. The Bertz CT molecular complexity index is 1040. The van der Waals surface area contributed by atoms with Crippen LogP contribution >= 0.6 is 11.8 Å². The maximum absolute atomic E-state index is 12.6. The highest BCUT2D eigenvalue weighted by Gasteiger charge is 2.30. The first-order valence-corrected chi connectivity index (χ1v) is 9.98. The number of carbonyl (C=O) groups is 1. The molecule has 0 bridgehead atoms. The van der Waals surface area contributed by atoms with Gasteiger partial charge in [0.25, 0.3) is 0 Å². The average molecular weight is 452 g/mol. The first kappa shape index (κ1) is 22.5. The molecule has 0 aliphatic rings. The van der Waals surface area contributed by atoms with E-state index in [1.807, 2.05) is 12.1 Å². The van der Waals surface area contributed by atoms with Crippen molar-refractivity contribution in [3.8, 4) is 11.5 Å². The molecule has 3 rings (SSSR count). The molecule has 0 unspecified atom stereocenters. The Hall–Kier alpha value is -3.21. The van der Waals surface area contributed by atoms with E-state index in [0.717, 1.165) is 29.6 Å². The number of aromatic nitrogens is 3. The van der Waals surface area contributed by atoms with Gasteiger partial charge >= 0.3 is 6.18 Å². The van der Waals surface area contributed by atoms with Crippen molar-refractivity contribution in [3.05, 3.63) is 59.9 Å². The summed E-state index contributed by atoms with van der Waals surface area (Å²) in [5.74, 6) is 1.26. The molecule has 0 spiro atoms. The zero-order chi connectivity index (χ0) is 22.4. The van der Waals surface area contributed by atoms with E-state index in [0.29, 0.717) is 28.9 Å². The van der Waals surface area contributed by atoms with Crippen molar-refractivity contribution >= 4 is 23.5 Å². The Morgan fingerprint density at radius 3 is 2.61 bits per heavy atom. The number of rotatable bonds is 8. The molecule has 11 heteroatoms. The summed E-state index contributed by atoms with van der Waals surface area (Å²) in [6, 6.07) is 9.28. The fourth-order valence-corrected chi connectivity index (χ4v) is 3.40. The van der Waals surface area contributed by atoms with Crippen molar-refractivity contribution in [2.75, 3.05) is 25.3 Å². The highest BCUT2D eigenvalue weighted by molar-refractivity contribution is 7.99. The molecule has 31 heavy (non-hydrogen) atoms. The van der Waals surface area contributed by atoms with Crippen LogP contribution in [0, 0.1) is 0 Å². The Morgan fingerprint density at radius 1 is 1.16 bits per heavy atom. The van der Waals surface area contributed by atoms with Crippen molar-refractivity contribution in [2.24, 2.45) is 0 Å². The number of thioether (sulfide) groups is 1. The number of nitrogens with one attached hydrogen (secondary N) is 1. The van der Waals surface area contributed by atoms with E-state index in [4.69, 9.17) is 9.47 Å². The highest BCUT2D eigenvalue weighted by Crippen LogP contribution is 2.32. The van der Waals surface area contributed by atoms with E-state index >= 15 is 0 Å². The van der Waals surface area contributed by atoms with Gasteiger partial charge in [-0.05, 0) is 18.2 Å². The van der Waals surface area contributed by atoms with Crippen molar-refractivity contribution in [3.63, 3.8) is 0 Å². The summed E-state index contributed by atoms with van der Waals surface area (Å²) in [4.78, 5) is 16.1. The van der Waals surface area contributed by atoms with E-state index in [-0.39, 0.29) is 11.7 Å². The fraction of sp³-hybridized carbons (Fsp3) is 0.250. The van der Waals surface area contributed by atoms with Gasteiger partial charge in [0.15, 0.2) is 11.5 Å². The van der Waals surface area contributed by atoms with E-state index < -0.39 is 11.7 Å². The number of carbonyl (C=O) groups excluding carboxylic acids is 1. The molecular formula is C20H19F3N4O3S. The number of alkyl halides is 3. The van der Waals surface area contributed by atoms with Crippen LogP contribution in [0.3, 0.4) is 0 Å². The molecule has 2 aromatic heterocycles. The van der Waals surface area contributed by atoms with Gasteiger partial charge in [0.2, 0.25) is 5.91 Å². The molecule has 1 aromatic carbocycles. The zero-order valence-corrected chi connectivity index (χ0v) is 17.5. The van der Waals surface area contributed by atoms with Crippen molar-refractivity contribution in [1.29, 1.82) is 0 Å². The number of anilines is 1. The lowest BCUT2D eigenvalue weighted by molar-refractivity contribution is -0.137. The van der Waals surface area contributed by atoms with Crippen LogP contribution in [0.4, 0.5) is 19.0 Å². The first-order chi connectivity index (χ1) is 14.8. The molecule has 1 amide bonds. The zero-order valence-electron chi connectivity index (χ0n) is 16.6. The summed E-state index contributed by atoms with van der Waals surface area (Å²) in [6.07, 6.45) is -2.15. The average Bonchev–Trinajstić information content (AvgIpc) is 3.18. The van der Waals surface area contributed by atoms with Crippen LogP contribution in [0.2, 0.25) is 0 Å². The molecular weight excluding hydrogens is 433 g/mol. The van der Waals surface area contributed by atoms with Crippen LogP contribution in [0.25, 0.3) is 0 Å². The van der Waals surface area contributed by atoms with Gasteiger partial charge in [0.05, 0.1) is 43.3 Å². The predicted octanol–water partition coefficient (Wildman–Crippen LogP) is 4.09. The SMILES string of the molecule is COc1cccc(Cn2nccc2NC(=O)CSc2ccc(C(F)(F)F)cn2)c1OC. The molecule has 1 N–H and O–H groups in total. The van der Waals surface area contributed by atoms with E-state index in [9.17, 15) is 18.0 Å². The van der Waals surface area contributed by atoms with E-state index in [1.54, 1.807) is 37.2 Å². The largest absolute Gasteiger partial charge is 0.493 e. The van der Waals surface area contributed by atoms with Crippen molar-refractivity contribution < 1.29 is 27.4 Å². The quantitative estimate of drug-likeness (QED) is 0.519.